The maximum atomic E-state index is 15.1. The lowest BCUT2D eigenvalue weighted by molar-refractivity contribution is 0.0958. The van der Waals surface area contributed by atoms with E-state index in [2.05, 4.69) is 25.6 Å². The Kier molecular flexibility index (Phi) is 6.96. The zero-order valence-corrected chi connectivity index (χ0v) is 21.7. The largest absolute Gasteiger partial charge is 0.495 e. The van der Waals surface area contributed by atoms with E-state index in [0.717, 1.165) is 5.52 Å². The lowest BCUT2D eigenvalue weighted by Gasteiger charge is -2.14. The van der Waals surface area contributed by atoms with Crippen molar-refractivity contribution in [3.8, 4) is 34.1 Å². The Morgan fingerprint density at radius 1 is 0.974 bits per heavy atom. The summed E-state index contributed by atoms with van der Waals surface area (Å²) in [6, 6.07) is 13.6. The summed E-state index contributed by atoms with van der Waals surface area (Å²) in [6.45, 7) is 0. The molecular formula is C28H27FN6O4. The Hall–Kier alpha value is -5.19. The molecule has 5 aromatic rings. The molecule has 0 aliphatic rings. The van der Waals surface area contributed by atoms with Gasteiger partial charge in [0.25, 0.3) is 5.91 Å². The maximum Gasteiger partial charge on any atom is 0.269 e. The minimum Gasteiger partial charge on any atom is -0.495 e. The summed E-state index contributed by atoms with van der Waals surface area (Å²) in [7, 11) is 6.33. The summed E-state index contributed by atoms with van der Waals surface area (Å²) in [4.78, 5) is 24.8. The molecule has 0 fully saturated rings. The van der Waals surface area contributed by atoms with Crippen LogP contribution in [0.15, 0.2) is 67.1 Å². The van der Waals surface area contributed by atoms with Crippen LogP contribution in [0.4, 0.5) is 16.0 Å². The Balaban J connectivity index is 0.00000370. The van der Waals surface area contributed by atoms with E-state index in [-0.39, 0.29) is 18.8 Å². The Bertz CT molecular complexity index is 1690. The van der Waals surface area contributed by atoms with Crippen LogP contribution in [0.25, 0.3) is 22.2 Å². The summed E-state index contributed by atoms with van der Waals surface area (Å²) in [5.74, 6) is 1.21. The average molecular weight is 531 g/mol. The topological polar surface area (TPSA) is 112 Å². The van der Waals surface area contributed by atoms with E-state index >= 15 is 4.39 Å². The number of methoxy groups -OCH3 is 2. The molecule has 10 nitrogen and oxygen atoms in total. The molecule has 0 unspecified atom stereocenters. The monoisotopic (exact) mass is 530 g/mol. The van der Waals surface area contributed by atoms with Crippen molar-refractivity contribution in [1.29, 1.82) is 0 Å². The second-order valence-corrected chi connectivity index (χ2v) is 8.48. The number of halogens is 1. The van der Waals surface area contributed by atoms with Gasteiger partial charge in [-0.3, -0.25) is 14.8 Å². The van der Waals surface area contributed by atoms with Gasteiger partial charge in [-0.15, -0.1) is 0 Å². The number of carbonyl (C=O) groups excluding carboxylic acids is 1. The minimum atomic E-state index is -0.539. The third-order valence-corrected chi connectivity index (χ3v) is 6.06. The number of hydrogen-bond donors (Lipinski definition) is 2. The fourth-order valence-corrected chi connectivity index (χ4v) is 4.09. The first-order valence-electron chi connectivity index (χ1n) is 11.9. The number of rotatable bonds is 8. The average Bonchev–Trinajstić information content (AvgIpc) is 3.26. The predicted molar refractivity (Wildman–Crippen MR) is 147 cm³/mol. The highest BCUT2D eigenvalue weighted by atomic mass is 19.1. The van der Waals surface area contributed by atoms with Crippen molar-refractivity contribution in [3.05, 3.63) is 78.6 Å². The molecule has 39 heavy (non-hydrogen) atoms. The van der Waals surface area contributed by atoms with Crippen LogP contribution in [0.1, 0.15) is 11.9 Å². The van der Waals surface area contributed by atoms with E-state index in [1.54, 1.807) is 55.9 Å². The van der Waals surface area contributed by atoms with Crippen LogP contribution >= 0.6 is 0 Å². The molecule has 2 N–H and O–H groups in total. The molecule has 2 aromatic carbocycles. The number of carbonyl (C=O) groups is 1. The molecule has 1 amide bonds. The smallest absolute Gasteiger partial charge is 0.269 e. The summed E-state index contributed by atoms with van der Waals surface area (Å²) >= 11 is 0. The fraction of sp³-hybridized carbons (Fsp3) is 0.143. The molecule has 0 aliphatic heterocycles. The molecule has 0 spiro atoms. The summed E-state index contributed by atoms with van der Waals surface area (Å²) < 4.78 is 33.5. The van der Waals surface area contributed by atoms with E-state index in [9.17, 15) is 4.79 Å². The lowest BCUT2D eigenvalue weighted by Crippen LogP contribution is -2.18. The maximum absolute atomic E-state index is 15.1. The van der Waals surface area contributed by atoms with Gasteiger partial charge in [-0.1, -0.05) is 0 Å². The van der Waals surface area contributed by atoms with Crippen LogP contribution in [0, 0.1) is 5.82 Å². The zero-order chi connectivity index (χ0) is 27.5. The van der Waals surface area contributed by atoms with E-state index in [4.69, 9.17) is 14.2 Å². The number of anilines is 2. The SMILES string of the molecule is CNC(=O)c1cc(Oc2ccc3c(c2)nc(Nc2cc(-c4cncc(OC)c4)cc(F)c2OC)n3C)ccn1.[HH]. The van der Waals surface area contributed by atoms with Gasteiger partial charge in [-0.25, -0.2) is 9.37 Å². The second-order valence-electron chi connectivity index (χ2n) is 8.48. The second kappa shape index (κ2) is 10.7. The molecule has 0 aliphatic carbocycles. The highest BCUT2D eigenvalue weighted by Crippen LogP contribution is 2.37. The lowest BCUT2D eigenvalue weighted by atomic mass is 10.1. The number of aromatic nitrogens is 4. The van der Waals surface area contributed by atoms with E-state index in [1.165, 1.54) is 26.4 Å². The van der Waals surface area contributed by atoms with E-state index in [1.807, 2.05) is 17.7 Å². The van der Waals surface area contributed by atoms with Crippen molar-refractivity contribution in [2.24, 2.45) is 7.05 Å². The van der Waals surface area contributed by atoms with Gasteiger partial charge in [0.1, 0.15) is 22.9 Å². The van der Waals surface area contributed by atoms with E-state index in [0.29, 0.717) is 45.5 Å². The Morgan fingerprint density at radius 2 is 1.79 bits per heavy atom. The highest BCUT2D eigenvalue weighted by Gasteiger charge is 2.17. The van der Waals surface area contributed by atoms with Gasteiger partial charge in [-0.05, 0) is 42.0 Å². The van der Waals surface area contributed by atoms with Crippen LogP contribution in [-0.2, 0) is 7.05 Å². The van der Waals surface area contributed by atoms with Crippen LogP contribution < -0.4 is 24.8 Å². The molecule has 0 saturated heterocycles. The summed E-state index contributed by atoms with van der Waals surface area (Å²) in [5.41, 5.74) is 3.37. The minimum absolute atomic E-state index is 0. The van der Waals surface area contributed by atoms with Crippen molar-refractivity contribution in [1.82, 2.24) is 24.8 Å². The number of hydrogen-bond acceptors (Lipinski definition) is 8. The number of nitrogens with one attached hydrogen (secondary N) is 2. The number of pyridine rings is 2. The van der Waals surface area contributed by atoms with Crippen molar-refractivity contribution in [2.75, 3.05) is 26.6 Å². The fourth-order valence-electron chi connectivity index (χ4n) is 4.09. The predicted octanol–water partition coefficient (Wildman–Crippen LogP) is 5.33. The van der Waals surface area contributed by atoms with Gasteiger partial charge in [0.05, 0.1) is 37.1 Å². The van der Waals surface area contributed by atoms with Crippen molar-refractivity contribution in [3.63, 3.8) is 0 Å². The number of aryl methyl sites for hydroxylation is 1. The third kappa shape index (κ3) is 5.14. The third-order valence-electron chi connectivity index (χ3n) is 6.06. The normalized spacial score (nSPS) is 10.8. The Morgan fingerprint density at radius 3 is 2.56 bits per heavy atom. The number of fused-ring (bicyclic) bond motifs is 1. The van der Waals surface area contributed by atoms with E-state index < -0.39 is 5.82 Å². The van der Waals surface area contributed by atoms with Crippen molar-refractivity contribution < 1.29 is 24.8 Å². The number of ether oxygens (including phenoxy) is 3. The van der Waals surface area contributed by atoms with Gasteiger partial charge >= 0.3 is 0 Å². The summed E-state index contributed by atoms with van der Waals surface area (Å²) in [5, 5.41) is 5.73. The van der Waals surface area contributed by atoms with Gasteiger partial charge in [0.2, 0.25) is 5.95 Å². The first kappa shape index (κ1) is 25.5. The molecule has 200 valence electrons. The highest BCUT2D eigenvalue weighted by molar-refractivity contribution is 5.92. The molecule has 0 bridgehead atoms. The first-order chi connectivity index (χ1) is 18.9. The zero-order valence-electron chi connectivity index (χ0n) is 21.7. The molecular weight excluding hydrogens is 503 g/mol. The number of amides is 1. The quantitative estimate of drug-likeness (QED) is 0.277. The number of nitrogens with zero attached hydrogens (tertiary/aromatic N) is 4. The van der Waals surface area contributed by atoms with Crippen molar-refractivity contribution in [2.45, 2.75) is 0 Å². The molecule has 3 aromatic heterocycles. The molecule has 3 heterocycles. The van der Waals surface area contributed by atoms with Crippen LogP contribution in [0.3, 0.4) is 0 Å². The standard InChI is InChI=1S/C28H25FN6O4.H2/c1-30-27(36)24-13-19(7-8-32-24)39-18-5-6-25-22(12-18)33-28(35(25)2)34-23-11-16(10-21(29)26(23)38-4)17-9-20(37-3)15-31-14-17;/h5-15H,1-4H3,(H,30,36)(H,33,34);1H. The molecule has 0 atom stereocenters. The number of imidazole rings is 1. The summed E-state index contributed by atoms with van der Waals surface area (Å²) in [6.07, 6.45) is 4.71. The van der Waals surface area contributed by atoms with Gasteiger partial charge in [-0.2, -0.15) is 0 Å². The van der Waals surface area contributed by atoms with Gasteiger partial charge < -0.3 is 29.4 Å². The van der Waals surface area contributed by atoms with Crippen LogP contribution in [-0.4, -0.2) is 46.7 Å². The molecule has 0 saturated carbocycles. The van der Waals surface area contributed by atoms with Gasteiger partial charge in [0.15, 0.2) is 11.6 Å². The number of benzene rings is 2. The van der Waals surface area contributed by atoms with Crippen LogP contribution in [0.5, 0.6) is 23.0 Å². The molecule has 5 rings (SSSR count). The van der Waals surface area contributed by atoms with Gasteiger partial charge in [0, 0.05) is 45.6 Å². The van der Waals surface area contributed by atoms with Crippen molar-refractivity contribution >= 4 is 28.6 Å². The Labute approximate surface area is 224 Å². The molecule has 11 heteroatoms. The first-order valence-corrected chi connectivity index (χ1v) is 11.9. The molecule has 0 radical (unpaired) electrons. The van der Waals surface area contributed by atoms with Crippen LogP contribution in [0.2, 0.25) is 0 Å².